The van der Waals surface area contributed by atoms with Crippen LogP contribution in [0.5, 0.6) is 0 Å². The number of hydrogen-bond acceptors (Lipinski definition) is 3. The minimum atomic E-state index is -1.04. The van der Waals surface area contributed by atoms with E-state index in [1.807, 2.05) is 6.92 Å². The first kappa shape index (κ1) is 9.79. The monoisotopic (exact) mass is 216 g/mol. The molecule has 0 aromatic rings. The van der Waals surface area contributed by atoms with Gasteiger partial charge in [-0.1, -0.05) is 6.92 Å². The van der Waals surface area contributed by atoms with E-state index in [1.54, 1.807) is 4.31 Å². The third-order valence-corrected chi connectivity index (χ3v) is 4.11. The fourth-order valence-electron chi connectivity index (χ4n) is 1.95. The highest BCUT2D eigenvalue weighted by Gasteiger charge is 2.48. The van der Waals surface area contributed by atoms with Crippen LogP contribution < -0.4 is 5.32 Å². The molecule has 0 aromatic carbocycles. The summed E-state index contributed by atoms with van der Waals surface area (Å²) >= 11 is 0. The van der Waals surface area contributed by atoms with Crippen molar-refractivity contribution in [2.24, 2.45) is 11.8 Å². The quantitative estimate of drug-likeness (QED) is 0.594. The summed E-state index contributed by atoms with van der Waals surface area (Å²) < 4.78 is 13.2. The van der Waals surface area contributed by atoms with Gasteiger partial charge in [-0.2, -0.15) is 0 Å². The Labute approximate surface area is 84.4 Å². The molecule has 0 bridgehead atoms. The van der Waals surface area contributed by atoms with E-state index in [-0.39, 0.29) is 23.7 Å². The number of nitrogens with one attached hydrogen (secondary N) is 1. The average Bonchev–Trinajstić information content (AvgIpc) is 2.69. The molecule has 2 fully saturated rings. The van der Waals surface area contributed by atoms with Gasteiger partial charge < -0.3 is 0 Å². The summed E-state index contributed by atoms with van der Waals surface area (Å²) in [7, 11) is -1.04. The fourth-order valence-corrected chi connectivity index (χ4v) is 2.97. The molecular formula is C8H12N2O3S. The van der Waals surface area contributed by atoms with Gasteiger partial charge in [0.25, 0.3) is 0 Å². The standard InChI is InChI=1S/C8H12N2O3S/c1-2-14(13)10-3-5-6(4-10)8(12)9-7(5)11/h5-6H,2-4H2,1H3,(H,9,11,12). The molecule has 2 amide bonds. The lowest BCUT2D eigenvalue weighted by Gasteiger charge is -2.13. The maximum Gasteiger partial charge on any atom is 0.231 e. The smallest absolute Gasteiger partial charge is 0.231 e. The van der Waals surface area contributed by atoms with E-state index in [1.165, 1.54) is 0 Å². The van der Waals surface area contributed by atoms with Crippen molar-refractivity contribution in [2.75, 3.05) is 18.8 Å². The molecule has 2 rings (SSSR count). The van der Waals surface area contributed by atoms with Gasteiger partial charge in [0.05, 0.1) is 22.8 Å². The third kappa shape index (κ3) is 1.38. The van der Waals surface area contributed by atoms with Crippen molar-refractivity contribution in [2.45, 2.75) is 6.92 Å². The Kier molecular flexibility index (Phi) is 2.40. The van der Waals surface area contributed by atoms with Gasteiger partial charge in [0, 0.05) is 18.8 Å². The lowest BCUT2D eigenvalue weighted by molar-refractivity contribution is -0.126. The van der Waals surface area contributed by atoms with Crippen molar-refractivity contribution in [3.05, 3.63) is 0 Å². The van der Waals surface area contributed by atoms with Gasteiger partial charge in [0.15, 0.2) is 0 Å². The number of nitrogens with zero attached hydrogens (tertiary/aromatic N) is 1. The summed E-state index contributed by atoms with van der Waals surface area (Å²) in [5, 5.41) is 2.29. The zero-order chi connectivity index (χ0) is 10.3. The second kappa shape index (κ2) is 3.43. The van der Waals surface area contributed by atoms with Crippen LogP contribution >= 0.6 is 0 Å². The SMILES string of the molecule is CCS(=O)N1CC2C(=O)NC(=O)C2C1. The molecule has 6 heteroatoms. The Morgan fingerprint density at radius 2 is 1.86 bits per heavy atom. The Morgan fingerprint density at radius 3 is 2.29 bits per heavy atom. The maximum atomic E-state index is 11.5. The highest BCUT2D eigenvalue weighted by atomic mass is 32.2. The van der Waals surface area contributed by atoms with E-state index in [0.29, 0.717) is 18.8 Å². The van der Waals surface area contributed by atoms with Gasteiger partial charge in [-0.25, -0.2) is 8.51 Å². The topological polar surface area (TPSA) is 66.5 Å². The van der Waals surface area contributed by atoms with E-state index >= 15 is 0 Å². The number of rotatable bonds is 2. The van der Waals surface area contributed by atoms with Crippen molar-refractivity contribution < 1.29 is 13.8 Å². The number of hydrogen-bond donors (Lipinski definition) is 1. The molecule has 0 aliphatic carbocycles. The first-order valence-corrected chi connectivity index (χ1v) is 5.89. The summed E-state index contributed by atoms with van der Waals surface area (Å²) in [6, 6.07) is 0. The van der Waals surface area contributed by atoms with Gasteiger partial charge in [0.2, 0.25) is 11.8 Å². The molecule has 78 valence electrons. The first-order chi connectivity index (χ1) is 6.63. The minimum Gasteiger partial charge on any atom is -0.296 e. The molecule has 2 aliphatic heterocycles. The van der Waals surface area contributed by atoms with Gasteiger partial charge in [-0.3, -0.25) is 14.9 Å². The van der Waals surface area contributed by atoms with Crippen molar-refractivity contribution in [3.63, 3.8) is 0 Å². The second-order valence-corrected chi connectivity index (χ2v) is 5.26. The van der Waals surface area contributed by atoms with Crippen LogP contribution in [0.15, 0.2) is 0 Å². The normalized spacial score (nSPS) is 34.4. The molecule has 2 saturated heterocycles. The van der Waals surface area contributed by atoms with Crippen LogP contribution in [0.1, 0.15) is 6.92 Å². The number of imide groups is 1. The number of amides is 2. The molecule has 2 aliphatic rings. The molecule has 3 unspecified atom stereocenters. The van der Waals surface area contributed by atoms with Crippen molar-refractivity contribution in [1.29, 1.82) is 0 Å². The molecule has 3 atom stereocenters. The molecule has 1 N–H and O–H groups in total. The highest BCUT2D eigenvalue weighted by molar-refractivity contribution is 7.82. The predicted octanol–water partition coefficient (Wildman–Crippen LogP) is -1.13. The second-order valence-electron chi connectivity index (χ2n) is 3.52. The molecular weight excluding hydrogens is 204 g/mol. The van der Waals surface area contributed by atoms with Crippen LogP contribution in [0.4, 0.5) is 0 Å². The van der Waals surface area contributed by atoms with E-state index in [2.05, 4.69) is 5.32 Å². The van der Waals surface area contributed by atoms with Crippen LogP contribution in [-0.2, 0) is 20.6 Å². The fraction of sp³-hybridized carbons (Fsp3) is 0.750. The molecule has 0 radical (unpaired) electrons. The van der Waals surface area contributed by atoms with E-state index in [0.717, 1.165) is 0 Å². The van der Waals surface area contributed by atoms with Gasteiger partial charge in [-0.05, 0) is 0 Å². The van der Waals surface area contributed by atoms with Crippen LogP contribution in [0.2, 0.25) is 0 Å². The van der Waals surface area contributed by atoms with E-state index in [4.69, 9.17) is 0 Å². The zero-order valence-corrected chi connectivity index (χ0v) is 8.67. The Morgan fingerprint density at radius 1 is 1.36 bits per heavy atom. The summed E-state index contributed by atoms with van der Waals surface area (Å²) in [6.07, 6.45) is 0. The van der Waals surface area contributed by atoms with E-state index < -0.39 is 11.0 Å². The van der Waals surface area contributed by atoms with Gasteiger partial charge in [0.1, 0.15) is 0 Å². The summed E-state index contributed by atoms with van der Waals surface area (Å²) in [6.45, 7) is 2.72. The Hall–Kier alpha value is -0.750. The number of carbonyl (C=O) groups is 2. The Bertz CT molecular complexity index is 296. The van der Waals surface area contributed by atoms with Crippen molar-refractivity contribution in [3.8, 4) is 0 Å². The van der Waals surface area contributed by atoms with Crippen molar-refractivity contribution >= 4 is 22.8 Å². The average molecular weight is 216 g/mol. The van der Waals surface area contributed by atoms with Crippen LogP contribution in [0.25, 0.3) is 0 Å². The lowest BCUT2D eigenvalue weighted by atomic mass is 10.00. The van der Waals surface area contributed by atoms with Gasteiger partial charge >= 0.3 is 0 Å². The maximum absolute atomic E-state index is 11.5. The largest absolute Gasteiger partial charge is 0.296 e. The zero-order valence-electron chi connectivity index (χ0n) is 7.86. The third-order valence-electron chi connectivity index (χ3n) is 2.74. The highest BCUT2D eigenvalue weighted by Crippen LogP contribution is 2.28. The summed E-state index contributed by atoms with van der Waals surface area (Å²) in [4.78, 5) is 22.5. The molecule has 0 spiro atoms. The molecule has 0 saturated carbocycles. The van der Waals surface area contributed by atoms with Crippen LogP contribution in [0, 0.1) is 11.8 Å². The van der Waals surface area contributed by atoms with Gasteiger partial charge in [-0.15, -0.1) is 0 Å². The van der Waals surface area contributed by atoms with E-state index in [9.17, 15) is 13.8 Å². The van der Waals surface area contributed by atoms with Crippen LogP contribution in [-0.4, -0.2) is 39.2 Å². The molecule has 5 nitrogen and oxygen atoms in total. The Balaban J connectivity index is 2.11. The molecule has 2 heterocycles. The molecule has 14 heavy (non-hydrogen) atoms. The first-order valence-electron chi connectivity index (χ1n) is 4.61. The van der Waals surface area contributed by atoms with Crippen LogP contribution in [0.3, 0.4) is 0 Å². The summed E-state index contributed by atoms with van der Waals surface area (Å²) in [5.41, 5.74) is 0. The molecule has 0 aromatic heterocycles. The lowest BCUT2D eigenvalue weighted by Crippen LogP contribution is -2.32. The summed E-state index contributed by atoms with van der Waals surface area (Å²) in [5.74, 6) is -0.447. The predicted molar refractivity (Wildman–Crippen MR) is 50.4 cm³/mol. The minimum absolute atomic E-state index is 0.212. The number of carbonyl (C=O) groups excluding carboxylic acids is 2. The number of fused-ring (bicyclic) bond motifs is 1. The van der Waals surface area contributed by atoms with Crippen molar-refractivity contribution in [1.82, 2.24) is 9.62 Å².